The summed E-state index contributed by atoms with van der Waals surface area (Å²) >= 11 is 6.24. The summed E-state index contributed by atoms with van der Waals surface area (Å²) in [5.74, 6) is 0.689. The average molecular weight is 294 g/mol. The van der Waals surface area contributed by atoms with Crippen molar-refractivity contribution in [1.82, 2.24) is 10.2 Å². The van der Waals surface area contributed by atoms with Gasteiger partial charge in [-0.3, -0.25) is 4.90 Å². The molecule has 0 aromatic heterocycles. The molecule has 108 valence electrons. The van der Waals surface area contributed by atoms with Gasteiger partial charge >= 0.3 is 0 Å². The summed E-state index contributed by atoms with van der Waals surface area (Å²) in [6.07, 6.45) is 0.944. The monoisotopic (exact) mass is 293 g/mol. The molecule has 1 unspecified atom stereocenters. The maximum Gasteiger partial charge on any atom is 0.137 e. The Balaban J connectivity index is 2.14. The lowest BCUT2D eigenvalue weighted by molar-refractivity contribution is 0.207. The number of hydrogen-bond donors (Lipinski definition) is 1. The van der Waals surface area contributed by atoms with E-state index in [2.05, 4.69) is 23.2 Å². The third-order valence-corrected chi connectivity index (χ3v) is 3.67. The Hall–Kier alpha value is -1.28. The molecule has 1 N–H and O–H groups in total. The van der Waals surface area contributed by atoms with Crippen molar-refractivity contribution in [3.63, 3.8) is 0 Å². The van der Waals surface area contributed by atoms with Crippen molar-refractivity contribution >= 4 is 11.6 Å². The molecule has 5 heteroatoms. The quantitative estimate of drug-likeness (QED) is 0.906. The highest BCUT2D eigenvalue weighted by Gasteiger charge is 2.22. The molecule has 1 aromatic rings. The van der Waals surface area contributed by atoms with Crippen LogP contribution in [-0.2, 0) is 0 Å². The first-order valence-electron chi connectivity index (χ1n) is 7.03. The lowest BCUT2D eigenvalue weighted by Gasteiger charge is -2.31. The lowest BCUT2D eigenvalue weighted by atomic mass is 10.1. The fourth-order valence-corrected chi connectivity index (χ4v) is 2.57. The molecule has 0 amide bonds. The molecule has 1 heterocycles. The van der Waals surface area contributed by atoms with Gasteiger partial charge in [0.2, 0.25) is 0 Å². The van der Waals surface area contributed by atoms with Gasteiger partial charge in [0.1, 0.15) is 11.8 Å². The van der Waals surface area contributed by atoms with Gasteiger partial charge in [-0.15, -0.1) is 0 Å². The van der Waals surface area contributed by atoms with Crippen molar-refractivity contribution in [1.29, 1.82) is 5.26 Å². The van der Waals surface area contributed by atoms with Gasteiger partial charge in [0, 0.05) is 26.2 Å². The van der Waals surface area contributed by atoms with Gasteiger partial charge in [-0.1, -0.05) is 24.6 Å². The molecule has 0 aliphatic carbocycles. The van der Waals surface area contributed by atoms with Crippen LogP contribution in [0.1, 0.15) is 24.9 Å². The van der Waals surface area contributed by atoms with Gasteiger partial charge in [0.15, 0.2) is 0 Å². The van der Waals surface area contributed by atoms with Crippen LogP contribution in [0.5, 0.6) is 5.75 Å². The van der Waals surface area contributed by atoms with E-state index in [-0.39, 0.29) is 6.04 Å². The molecule has 0 saturated carbocycles. The summed E-state index contributed by atoms with van der Waals surface area (Å²) in [5, 5.41) is 13.3. The van der Waals surface area contributed by atoms with E-state index < -0.39 is 0 Å². The van der Waals surface area contributed by atoms with Crippen LogP contribution in [0.25, 0.3) is 0 Å². The maximum absolute atomic E-state index is 9.45. The van der Waals surface area contributed by atoms with Gasteiger partial charge in [0.25, 0.3) is 0 Å². The highest BCUT2D eigenvalue weighted by Crippen LogP contribution is 2.30. The zero-order valence-electron chi connectivity index (χ0n) is 11.7. The van der Waals surface area contributed by atoms with Crippen molar-refractivity contribution in [2.45, 2.75) is 19.4 Å². The number of ether oxygens (including phenoxy) is 1. The number of rotatable bonds is 5. The maximum atomic E-state index is 9.45. The summed E-state index contributed by atoms with van der Waals surface area (Å²) in [5.41, 5.74) is 0.934. The number of nitrogens with zero attached hydrogens (tertiary/aromatic N) is 2. The molecule has 0 bridgehead atoms. The predicted molar refractivity (Wildman–Crippen MR) is 80.0 cm³/mol. The van der Waals surface area contributed by atoms with Crippen molar-refractivity contribution < 1.29 is 4.74 Å². The minimum absolute atomic E-state index is 0.241. The standard InChI is InChI=1S/C15H20ClN3O/c1-2-9-20-15-4-3-12(10-13(15)16)14(11-17)19-7-5-18-6-8-19/h3-4,10,14,18H,2,5-9H2,1H3. The molecule has 1 aliphatic heterocycles. The number of halogens is 1. The van der Waals surface area contributed by atoms with Crippen LogP contribution < -0.4 is 10.1 Å². The Morgan fingerprint density at radius 1 is 1.45 bits per heavy atom. The molecule has 1 aromatic carbocycles. The molecular formula is C15H20ClN3O. The van der Waals surface area contributed by atoms with Crippen molar-refractivity contribution in [3.05, 3.63) is 28.8 Å². The molecule has 4 nitrogen and oxygen atoms in total. The molecule has 1 fully saturated rings. The van der Waals surface area contributed by atoms with Crippen molar-refractivity contribution in [3.8, 4) is 11.8 Å². The molecule has 20 heavy (non-hydrogen) atoms. The first kappa shape index (κ1) is 15.1. The van der Waals surface area contributed by atoms with Gasteiger partial charge in [-0.25, -0.2) is 0 Å². The van der Waals surface area contributed by atoms with E-state index in [1.54, 1.807) is 0 Å². The molecule has 1 saturated heterocycles. The van der Waals surface area contributed by atoms with E-state index in [1.807, 2.05) is 18.2 Å². The summed E-state index contributed by atoms with van der Waals surface area (Å²) in [6, 6.07) is 7.78. The van der Waals surface area contributed by atoms with Crippen LogP contribution in [0.2, 0.25) is 5.02 Å². The van der Waals surface area contributed by atoms with Crippen LogP contribution in [0, 0.1) is 11.3 Å². The Morgan fingerprint density at radius 2 is 2.20 bits per heavy atom. The Labute approximate surface area is 125 Å². The highest BCUT2D eigenvalue weighted by atomic mass is 35.5. The number of nitrogens with one attached hydrogen (secondary N) is 1. The molecule has 0 radical (unpaired) electrons. The summed E-state index contributed by atoms with van der Waals surface area (Å²) in [7, 11) is 0. The number of hydrogen-bond acceptors (Lipinski definition) is 4. The Morgan fingerprint density at radius 3 is 2.80 bits per heavy atom. The third-order valence-electron chi connectivity index (χ3n) is 3.37. The number of benzene rings is 1. The van der Waals surface area contributed by atoms with E-state index >= 15 is 0 Å². The number of piperazine rings is 1. The van der Waals surface area contributed by atoms with Crippen LogP contribution in [0.15, 0.2) is 18.2 Å². The van der Waals surface area contributed by atoms with Gasteiger partial charge in [-0.05, 0) is 24.1 Å². The fraction of sp³-hybridized carbons (Fsp3) is 0.533. The Kier molecular flexibility index (Phi) is 5.66. The molecule has 1 atom stereocenters. The molecule has 1 aliphatic rings. The van der Waals surface area contributed by atoms with E-state index in [0.717, 1.165) is 38.2 Å². The average Bonchev–Trinajstić information content (AvgIpc) is 2.48. The summed E-state index contributed by atoms with van der Waals surface area (Å²) in [6.45, 7) is 6.30. The molecule has 0 spiro atoms. The zero-order valence-corrected chi connectivity index (χ0v) is 12.5. The Bertz CT molecular complexity index is 480. The normalized spacial score (nSPS) is 17.4. The number of nitriles is 1. The molecular weight excluding hydrogens is 274 g/mol. The topological polar surface area (TPSA) is 48.3 Å². The van der Waals surface area contributed by atoms with E-state index in [4.69, 9.17) is 16.3 Å². The minimum atomic E-state index is -0.241. The largest absolute Gasteiger partial charge is 0.492 e. The van der Waals surface area contributed by atoms with Crippen molar-refractivity contribution in [2.24, 2.45) is 0 Å². The first-order chi connectivity index (χ1) is 9.76. The zero-order chi connectivity index (χ0) is 14.4. The van der Waals surface area contributed by atoms with Crippen LogP contribution in [0.4, 0.5) is 0 Å². The van der Waals surface area contributed by atoms with Crippen molar-refractivity contribution in [2.75, 3.05) is 32.8 Å². The second-order valence-electron chi connectivity index (χ2n) is 4.86. The third kappa shape index (κ3) is 3.63. The van der Waals surface area contributed by atoms with Gasteiger partial charge in [-0.2, -0.15) is 5.26 Å². The van der Waals surface area contributed by atoms with Crippen LogP contribution in [-0.4, -0.2) is 37.7 Å². The second-order valence-corrected chi connectivity index (χ2v) is 5.26. The predicted octanol–water partition coefficient (Wildman–Crippen LogP) is 2.60. The lowest BCUT2D eigenvalue weighted by Crippen LogP contribution is -2.44. The van der Waals surface area contributed by atoms with Gasteiger partial charge < -0.3 is 10.1 Å². The second kappa shape index (κ2) is 7.49. The smallest absolute Gasteiger partial charge is 0.137 e. The fourth-order valence-electron chi connectivity index (χ4n) is 2.32. The summed E-state index contributed by atoms with van der Waals surface area (Å²) < 4.78 is 5.56. The SMILES string of the molecule is CCCOc1ccc(C(C#N)N2CCNCC2)cc1Cl. The van der Waals surface area contributed by atoms with E-state index in [0.29, 0.717) is 17.4 Å². The van der Waals surface area contributed by atoms with Crippen LogP contribution in [0.3, 0.4) is 0 Å². The van der Waals surface area contributed by atoms with E-state index in [9.17, 15) is 5.26 Å². The van der Waals surface area contributed by atoms with E-state index in [1.165, 1.54) is 0 Å². The summed E-state index contributed by atoms with van der Waals surface area (Å²) in [4.78, 5) is 2.18. The first-order valence-corrected chi connectivity index (χ1v) is 7.40. The minimum Gasteiger partial charge on any atom is -0.492 e. The van der Waals surface area contributed by atoms with Crippen LogP contribution >= 0.6 is 11.6 Å². The molecule has 2 rings (SSSR count). The highest BCUT2D eigenvalue weighted by molar-refractivity contribution is 6.32. The van der Waals surface area contributed by atoms with Gasteiger partial charge in [0.05, 0.1) is 17.7 Å².